The minimum absolute atomic E-state index is 0.254. The van der Waals surface area contributed by atoms with Gasteiger partial charge in [0.05, 0.1) is 6.61 Å². The Morgan fingerprint density at radius 2 is 2.20 bits per heavy atom. The van der Waals surface area contributed by atoms with E-state index in [0.717, 1.165) is 15.6 Å². The second-order valence-corrected chi connectivity index (χ2v) is 7.14. The molecule has 3 N–H and O–H groups in total. The van der Waals surface area contributed by atoms with Crippen molar-refractivity contribution < 1.29 is 9.53 Å². The molecule has 1 unspecified atom stereocenters. The van der Waals surface area contributed by atoms with Crippen molar-refractivity contribution >= 4 is 33.4 Å². The highest BCUT2D eigenvalue weighted by Crippen LogP contribution is 2.30. The van der Waals surface area contributed by atoms with Crippen LogP contribution in [0.1, 0.15) is 28.5 Å². The van der Waals surface area contributed by atoms with E-state index in [2.05, 4.69) is 31.2 Å². The number of aromatic nitrogens is 1. The lowest BCUT2D eigenvalue weighted by atomic mass is 9.92. The molecule has 2 heterocycles. The first-order valence-corrected chi connectivity index (χ1v) is 8.63. The van der Waals surface area contributed by atoms with Crippen molar-refractivity contribution in [3.05, 3.63) is 57.8 Å². The number of nitrogens with zero attached hydrogens (tertiary/aromatic N) is 2. The molecule has 0 saturated carbocycles. The normalized spacial score (nSPS) is 20.0. The SMILES string of the molecule is Cc1cc(Br)cnc1C(=O)Nc1cccc(C2(C)COCC(N)=N2)c1. The molecular weight excluding hydrogens is 384 g/mol. The summed E-state index contributed by atoms with van der Waals surface area (Å²) in [6.45, 7) is 4.60. The van der Waals surface area contributed by atoms with E-state index in [1.165, 1.54) is 0 Å². The Morgan fingerprint density at radius 1 is 1.40 bits per heavy atom. The summed E-state index contributed by atoms with van der Waals surface area (Å²) in [5.41, 5.74) is 8.04. The maximum atomic E-state index is 12.5. The molecule has 1 amide bonds. The average molecular weight is 403 g/mol. The predicted molar refractivity (Wildman–Crippen MR) is 101 cm³/mol. The first-order valence-electron chi connectivity index (χ1n) is 7.83. The van der Waals surface area contributed by atoms with Gasteiger partial charge in [0.25, 0.3) is 5.91 Å². The number of amides is 1. The van der Waals surface area contributed by atoms with Crippen LogP contribution in [0.15, 0.2) is 46.0 Å². The topological polar surface area (TPSA) is 89.6 Å². The van der Waals surface area contributed by atoms with Gasteiger partial charge in [0.15, 0.2) is 0 Å². The van der Waals surface area contributed by atoms with Gasteiger partial charge in [-0.05, 0) is 59.1 Å². The van der Waals surface area contributed by atoms with Gasteiger partial charge in [-0.2, -0.15) is 0 Å². The van der Waals surface area contributed by atoms with Gasteiger partial charge in [-0.1, -0.05) is 12.1 Å². The summed E-state index contributed by atoms with van der Waals surface area (Å²) in [5.74, 6) is 0.216. The highest BCUT2D eigenvalue weighted by Gasteiger charge is 2.30. The number of carbonyl (C=O) groups is 1. The predicted octanol–water partition coefficient (Wildman–Crippen LogP) is 3.01. The van der Waals surface area contributed by atoms with Gasteiger partial charge in [0.1, 0.15) is 23.7 Å². The fraction of sp³-hybridized carbons (Fsp3) is 0.278. The van der Waals surface area contributed by atoms with Crippen LogP contribution in [0.2, 0.25) is 0 Å². The highest BCUT2D eigenvalue weighted by molar-refractivity contribution is 9.10. The molecule has 25 heavy (non-hydrogen) atoms. The summed E-state index contributed by atoms with van der Waals surface area (Å²) in [4.78, 5) is 21.2. The van der Waals surface area contributed by atoms with Gasteiger partial charge >= 0.3 is 0 Å². The van der Waals surface area contributed by atoms with Crippen molar-refractivity contribution in [2.75, 3.05) is 18.5 Å². The van der Waals surface area contributed by atoms with E-state index < -0.39 is 5.54 Å². The number of amidine groups is 1. The van der Waals surface area contributed by atoms with Gasteiger partial charge < -0.3 is 15.8 Å². The number of hydrogen-bond donors (Lipinski definition) is 2. The number of nitrogens with two attached hydrogens (primary N) is 1. The van der Waals surface area contributed by atoms with Crippen LogP contribution in [0.5, 0.6) is 0 Å². The molecule has 2 aromatic rings. The molecule has 1 atom stereocenters. The number of ether oxygens (including phenoxy) is 1. The zero-order chi connectivity index (χ0) is 18.0. The van der Waals surface area contributed by atoms with E-state index >= 15 is 0 Å². The smallest absolute Gasteiger partial charge is 0.274 e. The number of aliphatic imine (C=N–C) groups is 1. The molecule has 1 aliphatic rings. The molecule has 0 aliphatic carbocycles. The number of halogens is 1. The number of aryl methyl sites for hydroxylation is 1. The van der Waals surface area contributed by atoms with Crippen LogP contribution >= 0.6 is 15.9 Å². The first kappa shape index (κ1) is 17.6. The van der Waals surface area contributed by atoms with Crippen LogP contribution in [0.25, 0.3) is 0 Å². The van der Waals surface area contributed by atoms with Crippen LogP contribution < -0.4 is 11.1 Å². The van der Waals surface area contributed by atoms with Gasteiger partial charge in [-0.25, -0.2) is 4.98 Å². The maximum absolute atomic E-state index is 12.5. The summed E-state index contributed by atoms with van der Waals surface area (Å²) in [5, 5.41) is 2.89. The maximum Gasteiger partial charge on any atom is 0.274 e. The fourth-order valence-electron chi connectivity index (χ4n) is 2.78. The van der Waals surface area contributed by atoms with Crippen molar-refractivity contribution in [1.29, 1.82) is 0 Å². The Labute approximate surface area is 154 Å². The molecule has 6 nitrogen and oxygen atoms in total. The molecule has 0 saturated heterocycles. The number of nitrogens with one attached hydrogen (secondary N) is 1. The van der Waals surface area contributed by atoms with Gasteiger partial charge in [0.2, 0.25) is 0 Å². The standard InChI is InChI=1S/C18H19BrN4O2/c1-11-6-13(19)8-21-16(11)17(24)22-14-5-3-4-12(7-14)18(2)10-25-9-15(20)23-18/h3-8H,9-10H2,1-2H3,(H2,20,23)(H,22,24). The molecule has 7 heteroatoms. The first-order chi connectivity index (χ1) is 11.9. The van der Waals surface area contributed by atoms with Crippen LogP contribution in [0, 0.1) is 6.92 Å². The molecule has 0 bridgehead atoms. The quantitative estimate of drug-likeness (QED) is 0.825. The Balaban J connectivity index is 1.85. The lowest BCUT2D eigenvalue weighted by Gasteiger charge is -2.30. The van der Waals surface area contributed by atoms with E-state index in [1.54, 1.807) is 6.20 Å². The molecule has 0 spiro atoms. The zero-order valence-corrected chi connectivity index (χ0v) is 15.6. The molecule has 3 rings (SSSR count). The van der Waals surface area contributed by atoms with E-state index in [4.69, 9.17) is 10.5 Å². The van der Waals surface area contributed by atoms with E-state index in [1.807, 2.05) is 44.2 Å². The summed E-state index contributed by atoms with van der Waals surface area (Å²) in [6.07, 6.45) is 1.61. The summed E-state index contributed by atoms with van der Waals surface area (Å²) >= 11 is 3.35. The molecule has 1 aromatic heterocycles. The lowest BCUT2D eigenvalue weighted by Crippen LogP contribution is -2.37. The second kappa shape index (κ2) is 6.93. The molecule has 0 fully saturated rings. The minimum atomic E-state index is -0.561. The monoisotopic (exact) mass is 402 g/mol. The van der Waals surface area contributed by atoms with Crippen LogP contribution in [-0.4, -0.2) is 29.9 Å². The van der Waals surface area contributed by atoms with E-state index in [9.17, 15) is 4.79 Å². The molecular formula is C18H19BrN4O2. The van der Waals surface area contributed by atoms with Crippen molar-refractivity contribution in [2.45, 2.75) is 19.4 Å². The van der Waals surface area contributed by atoms with Crippen molar-refractivity contribution in [1.82, 2.24) is 4.98 Å². The number of anilines is 1. The van der Waals surface area contributed by atoms with Crippen molar-refractivity contribution in [3.63, 3.8) is 0 Å². The average Bonchev–Trinajstić information content (AvgIpc) is 2.54. The summed E-state index contributed by atoms with van der Waals surface area (Å²) < 4.78 is 6.35. The number of rotatable bonds is 3. The molecule has 1 aromatic carbocycles. The third-order valence-electron chi connectivity index (χ3n) is 4.03. The molecule has 0 radical (unpaired) electrons. The van der Waals surface area contributed by atoms with E-state index in [-0.39, 0.29) is 5.91 Å². The number of pyridine rings is 1. The van der Waals surface area contributed by atoms with Gasteiger partial charge in [-0.3, -0.25) is 9.79 Å². The second-order valence-electron chi connectivity index (χ2n) is 6.22. The lowest BCUT2D eigenvalue weighted by molar-refractivity contribution is 0.102. The molecule has 130 valence electrons. The Bertz CT molecular complexity index is 853. The van der Waals surface area contributed by atoms with Crippen LogP contribution in [0.4, 0.5) is 5.69 Å². The van der Waals surface area contributed by atoms with Crippen LogP contribution in [0.3, 0.4) is 0 Å². The Morgan fingerprint density at radius 3 is 2.92 bits per heavy atom. The van der Waals surface area contributed by atoms with Gasteiger partial charge in [-0.15, -0.1) is 0 Å². The van der Waals surface area contributed by atoms with Crippen molar-refractivity contribution in [2.24, 2.45) is 10.7 Å². The number of hydrogen-bond acceptors (Lipinski definition) is 5. The number of benzene rings is 1. The van der Waals surface area contributed by atoms with Crippen molar-refractivity contribution in [3.8, 4) is 0 Å². The zero-order valence-electron chi connectivity index (χ0n) is 14.0. The third kappa shape index (κ3) is 3.88. The summed E-state index contributed by atoms with van der Waals surface area (Å²) in [6, 6.07) is 9.39. The Hall–Kier alpha value is -2.25. The fourth-order valence-corrected chi connectivity index (χ4v) is 3.23. The van der Waals surface area contributed by atoms with Crippen LogP contribution in [-0.2, 0) is 10.3 Å². The highest BCUT2D eigenvalue weighted by atomic mass is 79.9. The third-order valence-corrected chi connectivity index (χ3v) is 4.46. The molecule has 1 aliphatic heterocycles. The summed E-state index contributed by atoms with van der Waals surface area (Å²) in [7, 11) is 0. The minimum Gasteiger partial charge on any atom is -0.386 e. The Kier molecular flexibility index (Phi) is 4.87. The largest absolute Gasteiger partial charge is 0.386 e. The van der Waals surface area contributed by atoms with Gasteiger partial charge in [0, 0.05) is 16.4 Å². The number of carbonyl (C=O) groups excluding carboxylic acids is 1. The van der Waals surface area contributed by atoms with E-state index in [0.29, 0.717) is 30.4 Å².